The SMILES string of the molecule is N=C(N)c1cc(CN2C(=O)N(Cc3cccc(C(=O)O)c3)[C@H](Cc3ccccc3)[C@H](O)[C@@H](O)[C@H]2Cc2ccccc2)ccc1N. The van der Waals surface area contributed by atoms with Crippen molar-refractivity contribution in [3.63, 3.8) is 0 Å². The summed E-state index contributed by atoms with van der Waals surface area (Å²) in [4.78, 5) is 29.6. The first-order chi connectivity index (χ1) is 21.6. The average Bonchev–Trinajstić information content (AvgIpc) is 3.10. The number of hydrogen-bond donors (Lipinski definition) is 6. The lowest BCUT2D eigenvalue weighted by atomic mass is 9.90. The molecule has 0 spiro atoms. The maximum Gasteiger partial charge on any atom is 0.335 e. The molecule has 8 N–H and O–H groups in total. The standard InChI is InChI=1S/C35H37N5O5/c36-28-15-14-25(17-27(28)33(37)38)21-40-30(19-23-10-5-2-6-11-23)32(42)31(41)29(18-22-8-3-1-4-9-22)39(35(40)45)20-24-12-7-13-26(16-24)34(43)44/h1-17,29-32,41-42H,18-21,36H2,(H3,37,38)(H,43,44)/t29-,30-,31+,32+/m1/s1. The van der Waals surface area contributed by atoms with Crippen LogP contribution in [0.3, 0.4) is 0 Å². The van der Waals surface area contributed by atoms with Crippen molar-refractivity contribution < 1.29 is 24.9 Å². The zero-order valence-corrected chi connectivity index (χ0v) is 24.7. The van der Waals surface area contributed by atoms with Crippen LogP contribution in [0.4, 0.5) is 10.5 Å². The smallest absolute Gasteiger partial charge is 0.335 e. The Morgan fingerprint density at radius 2 is 1.20 bits per heavy atom. The van der Waals surface area contributed by atoms with E-state index in [0.29, 0.717) is 22.4 Å². The molecule has 45 heavy (non-hydrogen) atoms. The molecule has 0 aliphatic carbocycles. The van der Waals surface area contributed by atoms with Gasteiger partial charge in [-0.25, -0.2) is 9.59 Å². The monoisotopic (exact) mass is 607 g/mol. The Kier molecular flexibility index (Phi) is 9.46. The molecular formula is C35H37N5O5. The molecule has 1 aliphatic rings. The topological polar surface area (TPSA) is 177 Å². The van der Waals surface area contributed by atoms with E-state index in [-0.39, 0.29) is 37.3 Å². The molecule has 5 rings (SSSR count). The molecule has 0 aromatic heterocycles. The molecule has 4 aromatic carbocycles. The van der Waals surface area contributed by atoms with E-state index in [9.17, 15) is 24.9 Å². The Hall–Kier alpha value is -5.19. The first-order valence-corrected chi connectivity index (χ1v) is 14.7. The Morgan fingerprint density at radius 3 is 1.69 bits per heavy atom. The molecule has 4 atom stereocenters. The summed E-state index contributed by atoms with van der Waals surface area (Å²) in [7, 11) is 0. The van der Waals surface area contributed by atoms with E-state index >= 15 is 0 Å². The van der Waals surface area contributed by atoms with Crippen LogP contribution in [0.2, 0.25) is 0 Å². The van der Waals surface area contributed by atoms with Crippen LogP contribution in [-0.4, -0.2) is 67.2 Å². The molecule has 10 nitrogen and oxygen atoms in total. The predicted molar refractivity (Wildman–Crippen MR) is 172 cm³/mol. The van der Waals surface area contributed by atoms with Crippen molar-refractivity contribution in [2.75, 3.05) is 5.73 Å². The second-order valence-corrected chi connectivity index (χ2v) is 11.4. The van der Waals surface area contributed by atoms with Crippen LogP contribution in [0.25, 0.3) is 0 Å². The van der Waals surface area contributed by atoms with E-state index in [1.54, 1.807) is 35.2 Å². The molecule has 4 aromatic rings. The number of carboxylic acids is 1. The van der Waals surface area contributed by atoms with Gasteiger partial charge in [0.05, 0.1) is 17.6 Å². The van der Waals surface area contributed by atoms with Crippen LogP contribution in [0.5, 0.6) is 0 Å². The summed E-state index contributed by atoms with van der Waals surface area (Å²) in [6, 6.07) is 28.1. The van der Waals surface area contributed by atoms with Crippen LogP contribution in [-0.2, 0) is 25.9 Å². The maximum absolute atomic E-state index is 14.8. The number of carboxylic acid groups (broad SMARTS) is 1. The number of amides is 2. The third-order valence-corrected chi connectivity index (χ3v) is 8.29. The van der Waals surface area contributed by atoms with E-state index in [1.807, 2.05) is 60.7 Å². The second kappa shape index (κ2) is 13.6. The van der Waals surface area contributed by atoms with Gasteiger partial charge >= 0.3 is 12.0 Å². The molecule has 0 saturated carbocycles. The molecule has 10 heteroatoms. The fourth-order valence-corrected chi connectivity index (χ4v) is 5.95. The number of rotatable bonds is 10. The van der Waals surface area contributed by atoms with Gasteiger partial charge in [-0.15, -0.1) is 0 Å². The summed E-state index contributed by atoms with van der Waals surface area (Å²) in [5.74, 6) is -1.31. The zero-order chi connectivity index (χ0) is 32.1. The number of urea groups is 1. The van der Waals surface area contributed by atoms with Crippen LogP contribution in [0, 0.1) is 5.41 Å². The quantitative estimate of drug-likeness (QED) is 0.0905. The number of carbonyl (C=O) groups excluding carboxylic acids is 1. The molecule has 1 fully saturated rings. The zero-order valence-electron chi connectivity index (χ0n) is 24.7. The van der Waals surface area contributed by atoms with E-state index in [0.717, 1.165) is 11.1 Å². The maximum atomic E-state index is 14.8. The van der Waals surface area contributed by atoms with E-state index in [4.69, 9.17) is 16.9 Å². The number of aromatic carboxylic acids is 1. The van der Waals surface area contributed by atoms with Gasteiger partial charge in [-0.3, -0.25) is 5.41 Å². The van der Waals surface area contributed by atoms with Gasteiger partial charge in [-0.1, -0.05) is 78.9 Å². The van der Waals surface area contributed by atoms with Crippen LogP contribution in [0.15, 0.2) is 103 Å². The highest BCUT2D eigenvalue weighted by Gasteiger charge is 2.46. The number of nitrogens with two attached hydrogens (primary N) is 2. The lowest BCUT2D eigenvalue weighted by molar-refractivity contribution is -0.0408. The number of benzene rings is 4. The Bertz CT molecular complexity index is 1670. The van der Waals surface area contributed by atoms with Gasteiger partial charge in [-0.2, -0.15) is 0 Å². The molecule has 0 unspecified atom stereocenters. The first kappa shape index (κ1) is 31.2. The van der Waals surface area contributed by atoms with E-state index in [1.165, 1.54) is 17.0 Å². The fourth-order valence-electron chi connectivity index (χ4n) is 5.95. The second-order valence-electron chi connectivity index (χ2n) is 11.4. The Labute approximate surface area is 261 Å². The third kappa shape index (κ3) is 7.14. The van der Waals surface area contributed by atoms with Crippen molar-refractivity contribution in [3.8, 4) is 0 Å². The number of aliphatic hydroxyl groups is 2. The predicted octanol–water partition coefficient (Wildman–Crippen LogP) is 3.63. The minimum Gasteiger partial charge on any atom is -0.478 e. The minimum absolute atomic E-state index is 0.00375. The molecule has 1 heterocycles. The Balaban J connectivity index is 1.62. The number of hydrogen-bond acceptors (Lipinski definition) is 6. The number of anilines is 1. The largest absolute Gasteiger partial charge is 0.478 e. The van der Waals surface area contributed by atoms with Crippen molar-refractivity contribution in [2.45, 2.75) is 50.2 Å². The van der Waals surface area contributed by atoms with Crippen molar-refractivity contribution in [3.05, 3.63) is 137 Å². The van der Waals surface area contributed by atoms with Crippen LogP contribution < -0.4 is 11.5 Å². The van der Waals surface area contributed by atoms with Gasteiger partial charge < -0.3 is 36.6 Å². The van der Waals surface area contributed by atoms with Gasteiger partial charge in [0.2, 0.25) is 0 Å². The van der Waals surface area contributed by atoms with Gasteiger partial charge in [0.15, 0.2) is 0 Å². The molecule has 1 saturated heterocycles. The van der Waals surface area contributed by atoms with Crippen LogP contribution in [0.1, 0.15) is 38.2 Å². The van der Waals surface area contributed by atoms with Gasteiger partial charge in [0.1, 0.15) is 18.0 Å². The normalized spacial score (nSPS) is 20.1. The molecular weight excluding hydrogens is 570 g/mol. The highest BCUT2D eigenvalue weighted by Crippen LogP contribution is 2.30. The fraction of sp³-hybridized carbons (Fsp3) is 0.229. The van der Waals surface area contributed by atoms with Crippen molar-refractivity contribution in [1.82, 2.24) is 9.80 Å². The summed E-state index contributed by atoms with van der Waals surface area (Å²) in [6.45, 7) is 0.0284. The van der Waals surface area contributed by atoms with Gasteiger partial charge in [0.25, 0.3) is 0 Å². The number of aliphatic hydroxyl groups excluding tert-OH is 2. The lowest BCUT2D eigenvalue weighted by Crippen LogP contribution is -2.50. The van der Waals surface area contributed by atoms with Crippen molar-refractivity contribution in [1.29, 1.82) is 5.41 Å². The van der Waals surface area contributed by atoms with E-state index < -0.39 is 36.3 Å². The molecule has 1 aliphatic heterocycles. The summed E-state index contributed by atoms with van der Waals surface area (Å²) >= 11 is 0. The number of carbonyl (C=O) groups is 2. The molecule has 0 radical (unpaired) electrons. The highest BCUT2D eigenvalue weighted by atomic mass is 16.4. The van der Waals surface area contributed by atoms with Crippen LogP contribution >= 0.6 is 0 Å². The summed E-state index contributed by atoms with van der Waals surface area (Å²) in [5.41, 5.74) is 15.5. The summed E-state index contributed by atoms with van der Waals surface area (Å²) in [6.07, 6.45) is -2.15. The third-order valence-electron chi connectivity index (χ3n) is 8.29. The van der Waals surface area contributed by atoms with Gasteiger partial charge in [0, 0.05) is 24.3 Å². The van der Waals surface area contributed by atoms with Crippen molar-refractivity contribution >= 4 is 23.5 Å². The number of nitrogen functional groups attached to an aromatic ring is 2. The molecule has 0 bridgehead atoms. The minimum atomic E-state index is -1.34. The van der Waals surface area contributed by atoms with Gasteiger partial charge in [-0.05, 0) is 59.4 Å². The molecule has 232 valence electrons. The summed E-state index contributed by atoms with van der Waals surface area (Å²) < 4.78 is 0. The lowest BCUT2D eigenvalue weighted by Gasteiger charge is -2.36. The number of nitrogens with zero attached hydrogens (tertiary/aromatic N) is 2. The summed E-state index contributed by atoms with van der Waals surface area (Å²) in [5, 5.41) is 41.3. The number of nitrogens with one attached hydrogen (secondary N) is 1. The Morgan fingerprint density at radius 1 is 0.711 bits per heavy atom. The average molecular weight is 608 g/mol. The molecule has 2 amide bonds. The number of amidine groups is 1. The first-order valence-electron chi connectivity index (χ1n) is 14.7. The van der Waals surface area contributed by atoms with Crippen molar-refractivity contribution in [2.24, 2.45) is 5.73 Å². The van der Waals surface area contributed by atoms with E-state index in [2.05, 4.69) is 0 Å². The highest BCUT2D eigenvalue weighted by molar-refractivity contribution is 6.00.